The number of nitrogens with zero attached hydrogens (tertiary/aromatic N) is 2. The predicted molar refractivity (Wildman–Crippen MR) is 55.3 cm³/mol. The maximum absolute atomic E-state index is 5.59. The molecular weight excluding hydrogens is 178 g/mol. The molecule has 0 saturated carbocycles. The Hall–Kier alpha value is -1.16. The number of aromatic nitrogens is 2. The van der Waals surface area contributed by atoms with Crippen LogP contribution in [0, 0.1) is 6.92 Å². The summed E-state index contributed by atoms with van der Waals surface area (Å²) in [5, 5.41) is 0. The van der Waals surface area contributed by atoms with Crippen LogP contribution in [0.2, 0.25) is 0 Å². The second-order valence-corrected chi connectivity index (χ2v) is 3.51. The molecule has 2 N–H and O–H groups in total. The molecule has 0 aromatic carbocycles. The van der Waals surface area contributed by atoms with Crippen molar-refractivity contribution in [1.82, 2.24) is 9.97 Å². The van der Waals surface area contributed by atoms with E-state index in [1.165, 1.54) is 0 Å². The molecule has 1 aromatic heterocycles. The minimum Gasteiger partial charge on any atom is -0.481 e. The van der Waals surface area contributed by atoms with E-state index in [2.05, 4.69) is 23.8 Å². The Bertz CT molecular complexity index is 323. The Morgan fingerprint density at radius 2 is 2.00 bits per heavy atom. The maximum atomic E-state index is 5.59. The highest BCUT2D eigenvalue weighted by Crippen LogP contribution is 2.20. The van der Waals surface area contributed by atoms with Crippen LogP contribution < -0.4 is 10.5 Å². The summed E-state index contributed by atoms with van der Waals surface area (Å²) >= 11 is 0. The Labute approximate surface area is 84.5 Å². The number of methoxy groups -OCH3 is 1. The Morgan fingerprint density at radius 3 is 2.43 bits per heavy atom. The number of hydrogen-bond acceptors (Lipinski definition) is 4. The Balaban J connectivity index is 3.24. The highest BCUT2D eigenvalue weighted by atomic mass is 16.5. The first-order chi connectivity index (χ1) is 6.60. The smallest absolute Gasteiger partial charge is 0.221 e. The van der Waals surface area contributed by atoms with Gasteiger partial charge in [0, 0.05) is 23.7 Å². The van der Waals surface area contributed by atoms with Gasteiger partial charge in [-0.2, -0.15) is 4.98 Å². The van der Waals surface area contributed by atoms with Crippen LogP contribution in [-0.4, -0.2) is 17.1 Å². The fourth-order valence-electron chi connectivity index (χ4n) is 1.25. The number of rotatable bonds is 3. The van der Waals surface area contributed by atoms with Gasteiger partial charge in [-0.1, -0.05) is 13.8 Å². The van der Waals surface area contributed by atoms with E-state index in [4.69, 9.17) is 10.5 Å². The fourth-order valence-corrected chi connectivity index (χ4v) is 1.25. The quantitative estimate of drug-likeness (QED) is 0.791. The maximum Gasteiger partial charge on any atom is 0.221 e. The van der Waals surface area contributed by atoms with E-state index in [1.807, 2.05) is 6.92 Å². The summed E-state index contributed by atoms with van der Waals surface area (Å²) in [6.45, 7) is 6.44. The summed E-state index contributed by atoms with van der Waals surface area (Å²) < 4.78 is 5.18. The molecule has 0 spiro atoms. The lowest BCUT2D eigenvalue weighted by Crippen LogP contribution is -2.09. The SMILES string of the molecule is COc1nc(C(C)C)nc(C)c1CN. The van der Waals surface area contributed by atoms with Crippen molar-refractivity contribution in [2.45, 2.75) is 33.2 Å². The Kier molecular flexibility index (Phi) is 3.41. The highest BCUT2D eigenvalue weighted by Gasteiger charge is 2.12. The second-order valence-electron chi connectivity index (χ2n) is 3.51. The van der Waals surface area contributed by atoms with E-state index in [0.29, 0.717) is 18.3 Å². The lowest BCUT2D eigenvalue weighted by Gasteiger charge is -2.11. The molecule has 0 unspecified atom stereocenters. The predicted octanol–water partition coefficient (Wildman–Crippen LogP) is 1.38. The van der Waals surface area contributed by atoms with Crippen LogP contribution in [-0.2, 0) is 6.54 Å². The monoisotopic (exact) mass is 195 g/mol. The van der Waals surface area contributed by atoms with Crippen molar-refractivity contribution in [1.29, 1.82) is 0 Å². The molecule has 0 radical (unpaired) electrons. The Morgan fingerprint density at radius 1 is 1.36 bits per heavy atom. The minimum atomic E-state index is 0.300. The summed E-state index contributed by atoms with van der Waals surface area (Å²) in [5.74, 6) is 1.70. The standard InChI is InChI=1S/C10H17N3O/c1-6(2)9-12-7(3)8(5-11)10(13-9)14-4/h6H,5,11H2,1-4H3. The number of ether oxygens (including phenoxy) is 1. The van der Waals surface area contributed by atoms with Crippen molar-refractivity contribution in [3.8, 4) is 5.88 Å². The summed E-state index contributed by atoms with van der Waals surface area (Å²) in [4.78, 5) is 8.69. The van der Waals surface area contributed by atoms with E-state index in [1.54, 1.807) is 7.11 Å². The van der Waals surface area contributed by atoms with Crippen molar-refractivity contribution < 1.29 is 4.74 Å². The van der Waals surface area contributed by atoms with E-state index in [-0.39, 0.29) is 0 Å². The normalized spacial score (nSPS) is 10.7. The summed E-state index contributed by atoms with van der Waals surface area (Å²) in [6.07, 6.45) is 0. The molecule has 0 aliphatic heterocycles. The van der Waals surface area contributed by atoms with E-state index >= 15 is 0 Å². The number of nitrogens with two attached hydrogens (primary N) is 1. The zero-order valence-corrected chi connectivity index (χ0v) is 9.16. The first-order valence-corrected chi connectivity index (χ1v) is 4.71. The van der Waals surface area contributed by atoms with Crippen molar-refractivity contribution in [3.05, 3.63) is 17.1 Å². The average molecular weight is 195 g/mol. The molecule has 0 amide bonds. The van der Waals surface area contributed by atoms with Gasteiger partial charge >= 0.3 is 0 Å². The average Bonchev–Trinajstić information content (AvgIpc) is 2.16. The van der Waals surface area contributed by atoms with Gasteiger partial charge in [0.25, 0.3) is 0 Å². The van der Waals surface area contributed by atoms with Gasteiger partial charge in [-0.15, -0.1) is 0 Å². The molecule has 0 bridgehead atoms. The fraction of sp³-hybridized carbons (Fsp3) is 0.600. The third kappa shape index (κ3) is 2.01. The molecule has 1 heterocycles. The zero-order valence-electron chi connectivity index (χ0n) is 9.16. The molecule has 14 heavy (non-hydrogen) atoms. The molecule has 0 saturated heterocycles. The molecule has 4 heteroatoms. The van der Waals surface area contributed by atoms with Gasteiger partial charge in [-0.3, -0.25) is 0 Å². The van der Waals surface area contributed by atoms with Crippen molar-refractivity contribution in [2.24, 2.45) is 5.73 Å². The lowest BCUT2D eigenvalue weighted by molar-refractivity contribution is 0.387. The van der Waals surface area contributed by atoms with Crippen molar-refractivity contribution in [2.75, 3.05) is 7.11 Å². The molecule has 0 atom stereocenters. The largest absolute Gasteiger partial charge is 0.481 e. The first kappa shape index (κ1) is 10.9. The summed E-state index contributed by atoms with van der Waals surface area (Å²) in [6, 6.07) is 0. The molecule has 0 fully saturated rings. The van der Waals surface area contributed by atoms with Crippen LogP contribution in [0.25, 0.3) is 0 Å². The second kappa shape index (κ2) is 4.37. The van der Waals surface area contributed by atoms with Gasteiger partial charge in [-0.25, -0.2) is 4.98 Å². The molecule has 0 aliphatic rings. The molecule has 1 rings (SSSR count). The third-order valence-corrected chi connectivity index (χ3v) is 2.11. The highest BCUT2D eigenvalue weighted by molar-refractivity contribution is 5.30. The third-order valence-electron chi connectivity index (χ3n) is 2.11. The summed E-state index contributed by atoms with van der Waals surface area (Å²) in [7, 11) is 1.60. The van der Waals surface area contributed by atoms with Crippen LogP contribution in [0.5, 0.6) is 5.88 Å². The molecule has 4 nitrogen and oxygen atoms in total. The van der Waals surface area contributed by atoms with Gasteiger partial charge in [-0.05, 0) is 6.92 Å². The molecule has 78 valence electrons. The van der Waals surface area contributed by atoms with Crippen LogP contribution in [0.1, 0.15) is 36.8 Å². The van der Waals surface area contributed by atoms with Crippen LogP contribution in [0.3, 0.4) is 0 Å². The lowest BCUT2D eigenvalue weighted by atomic mass is 10.1. The number of hydrogen-bond donors (Lipinski definition) is 1. The van der Waals surface area contributed by atoms with E-state index < -0.39 is 0 Å². The molecule has 1 aromatic rings. The zero-order chi connectivity index (χ0) is 10.7. The minimum absolute atomic E-state index is 0.300. The topological polar surface area (TPSA) is 61.0 Å². The summed E-state index contributed by atoms with van der Waals surface area (Å²) in [5.41, 5.74) is 7.38. The molecule has 0 aliphatic carbocycles. The van der Waals surface area contributed by atoms with E-state index in [9.17, 15) is 0 Å². The van der Waals surface area contributed by atoms with Crippen LogP contribution in [0.15, 0.2) is 0 Å². The van der Waals surface area contributed by atoms with Gasteiger partial charge in [0.15, 0.2) is 0 Å². The van der Waals surface area contributed by atoms with Crippen molar-refractivity contribution in [3.63, 3.8) is 0 Å². The van der Waals surface area contributed by atoms with Crippen LogP contribution in [0.4, 0.5) is 0 Å². The van der Waals surface area contributed by atoms with Gasteiger partial charge in [0.05, 0.1) is 7.11 Å². The van der Waals surface area contributed by atoms with Crippen LogP contribution >= 0.6 is 0 Å². The van der Waals surface area contributed by atoms with Gasteiger partial charge in [0.1, 0.15) is 5.82 Å². The van der Waals surface area contributed by atoms with E-state index in [0.717, 1.165) is 17.1 Å². The molecular formula is C10H17N3O. The number of aryl methyl sites for hydroxylation is 1. The van der Waals surface area contributed by atoms with Crippen molar-refractivity contribution >= 4 is 0 Å². The van der Waals surface area contributed by atoms with Gasteiger partial charge < -0.3 is 10.5 Å². The first-order valence-electron chi connectivity index (χ1n) is 4.71. The van der Waals surface area contributed by atoms with Gasteiger partial charge in [0.2, 0.25) is 5.88 Å².